The number of aromatic nitrogens is 2. The molecule has 13 heavy (non-hydrogen) atoms. The molecule has 0 saturated carbocycles. The second-order valence-corrected chi connectivity index (χ2v) is 3.55. The van der Waals surface area contributed by atoms with Gasteiger partial charge in [-0.15, -0.1) is 0 Å². The summed E-state index contributed by atoms with van der Waals surface area (Å²) in [7, 11) is 0. The van der Waals surface area contributed by atoms with Gasteiger partial charge in [-0.1, -0.05) is 0 Å². The molecule has 0 bridgehead atoms. The number of halogens is 1. The topological polar surface area (TPSA) is 61.6 Å². The zero-order valence-corrected chi connectivity index (χ0v) is 8.74. The monoisotopic (exact) mass is 240 g/mol. The van der Waals surface area contributed by atoms with Crippen molar-refractivity contribution in [3.05, 3.63) is 16.9 Å². The van der Waals surface area contributed by atoms with E-state index in [4.69, 9.17) is 5.26 Å². The second-order valence-electron chi connectivity index (χ2n) is 2.64. The summed E-state index contributed by atoms with van der Waals surface area (Å²) in [6, 6.07) is 2.12. The van der Waals surface area contributed by atoms with E-state index in [0.717, 1.165) is 4.47 Å². The summed E-state index contributed by atoms with van der Waals surface area (Å²) in [5.41, 5.74) is 0. The Kier molecular flexibility index (Phi) is 3.65. The zero-order valence-electron chi connectivity index (χ0n) is 7.16. The summed E-state index contributed by atoms with van der Waals surface area (Å²) in [5, 5.41) is 11.5. The Labute approximate surface area is 85.1 Å². The van der Waals surface area contributed by atoms with Crippen LogP contribution in [0.25, 0.3) is 0 Å². The number of hydrogen-bond acceptors (Lipinski definition) is 4. The maximum absolute atomic E-state index is 8.52. The van der Waals surface area contributed by atoms with Crippen LogP contribution < -0.4 is 5.32 Å². The summed E-state index contributed by atoms with van der Waals surface area (Å²) in [6.07, 6.45) is 3.32. The summed E-state index contributed by atoms with van der Waals surface area (Å²) < 4.78 is 0.839. The van der Waals surface area contributed by atoms with Crippen molar-refractivity contribution in [2.24, 2.45) is 5.92 Å². The van der Waals surface area contributed by atoms with Crippen molar-refractivity contribution in [3.8, 4) is 6.07 Å². The molecule has 0 saturated heterocycles. The molecule has 1 N–H and O–H groups in total. The van der Waals surface area contributed by atoms with Crippen molar-refractivity contribution in [3.63, 3.8) is 0 Å². The van der Waals surface area contributed by atoms with Gasteiger partial charge in [-0.05, 0) is 22.9 Å². The summed E-state index contributed by atoms with van der Waals surface area (Å²) in [5.74, 6) is 0.512. The first kappa shape index (κ1) is 9.93. The lowest BCUT2D eigenvalue weighted by Gasteiger charge is -2.04. The highest BCUT2D eigenvalue weighted by Crippen LogP contribution is 2.06. The average Bonchev–Trinajstić information content (AvgIpc) is 2.16. The van der Waals surface area contributed by atoms with Crippen LogP contribution in [0, 0.1) is 17.2 Å². The minimum Gasteiger partial charge on any atom is -0.353 e. The molecule has 1 rings (SSSR count). The fourth-order valence-electron chi connectivity index (χ4n) is 0.694. The van der Waals surface area contributed by atoms with Gasteiger partial charge in [0, 0.05) is 18.9 Å². The number of hydrogen-bond donors (Lipinski definition) is 1. The molecular formula is C8H9BrN4. The SMILES string of the molecule is CC(C#N)CNc1ncc(Br)cn1. The molecule has 0 amide bonds. The van der Waals surface area contributed by atoms with Crippen LogP contribution in [-0.2, 0) is 0 Å². The van der Waals surface area contributed by atoms with Crippen LogP contribution in [0.1, 0.15) is 6.92 Å². The molecule has 0 aliphatic carbocycles. The van der Waals surface area contributed by atoms with Crippen LogP contribution in [0.2, 0.25) is 0 Å². The molecule has 0 aliphatic rings. The minimum atomic E-state index is -0.0350. The van der Waals surface area contributed by atoms with E-state index in [1.165, 1.54) is 0 Å². The minimum absolute atomic E-state index is 0.0350. The van der Waals surface area contributed by atoms with Crippen molar-refractivity contribution in [2.75, 3.05) is 11.9 Å². The first-order valence-corrected chi connectivity index (χ1v) is 4.62. The predicted molar refractivity (Wildman–Crippen MR) is 53.0 cm³/mol. The van der Waals surface area contributed by atoms with Crippen molar-refractivity contribution >= 4 is 21.9 Å². The molecule has 5 heteroatoms. The van der Waals surface area contributed by atoms with E-state index in [1.54, 1.807) is 12.4 Å². The Morgan fingerprint density at radius 3 is 2.77 bits per heavy atom. The Bertz CT molecular complexity index is 303. The van der Waals surface area contributed by atoms with Gasteiger partial charge in [0.1, 0.15) is 0 Å². The number of nitrogens with one attached hydrogen (secondary N) is 1. The molecule has 0 spiro atoms. The van der Waals surface area contributed by atoms with Gasteiger partial charge in [-0.2, -0.15) is 5.26 Å². The number of rotatable bonds is 3. The van der Waals surface area contributed by atoms with Gasteiger partial charge in [0.25, 0.3) is 0 Å². The van der Waals surface area contributed by atoms with E-state index in [2.05, 4.69) is 37.3 Å². The fraction of sp³-hybridized carbons (Fsp3) is 0.375. The van der Waals surface area contributed by atoms with Gasteiger partial charge in [0.05, 0.1) is 16.5 Å². The fourth-order valence-corrected chi connectivity index (χ4v) is 0.898. The second kappa shape index (κ2) is 4.77. The molecule has 68 valence electrons. The van der Waals surface area contributed by atoms with E-state index >= 15 is 0 Å². The van der Waals surface area contributed by atoms with Crippen molar-refractivity contribution in [1.82, 2.24) is 9.97 Å². The number of nitriles is 1. The molecular weight excluding hydrogens is 232 g/mol. The first-order chi connectivity index (χ1) is 6.22. The van der Waals surface area contributed by atoms with E-state index in [-0.39, 0.29) is 5.92 Å². The van der Waals surface area contributed by atoms with Gasteiger partial charge in [-0.25, -0.2) is 9.97 Å². The lowest BCUT2D eigenvalue weighted by atomic mass is 10.2. The van der Waals surface area contributed by atoms with Crippen LogP contribution in [0.3, 0.4) is 0 Å². The Morgan fingerprint density at radius 2 is 2.23 bits per heavy atom. The quantitative estimate of drug-likeness (QED) is 0.876. The third-order valence-corrected chi connectivity index (χ3v) is 1.82. The highest BCUT2D eigenvalue weighted by Gasteiger charge is 2.00. The smallest absolute Gasteiger partial charge is 0.222 e. The molecule has 1 unspecified atom stereocenters. The van der Waals surface area contributed by atoms with Gasteiger partial charge < -0.3 is 5.32 Å². The number of anilines is 1. The summed E-state index contributed by atoms with van der Waals surface area (Å²) in [6.45, 7) is 2.41. The Hall–Kier alpha value is -1.15. The lowest BCUT2D eigenvalue weighted by molar-refractivity contribution is 0.778. The zero-order chi connectivity index (χ0) is 9.68. The molecule has 0 radical (unpaired) electrons. The molecule has 0 aromatic carbocycles. The summed E-state index contributed by atoms with van der Waals surface area (Å²) in [4.78, 5) is 8.01. The summed E-state index contributed by atoms with van der Waals surface area (Å²) >= 11 is 3.23. The Morgan fingerprint density at radius 1 is 1.62 bits per heavy atom. The van der Waals surface area contributed by atoms with E-state index < -0.39 is 0 Å². The molecule has 0 aliphatic heterocycles. The molecule has 4 nitrogen and oxygen atoms in total. The van der Waals surface area contributed by atoms with E-state index in [1.807, 2.05) is 6.92 Å². The van der Waals surface area contributed by atoms with Crippen LogP contribution in [0.15, 0.2) is 16.9 Å². The number of nitrogens with zero attached hydrogens (tertiary/aromatic N) is 3. The molecule has 1 aromatic heterocycles. The van der Waals surface area contributed by atoms with Crippen LogP contribution in [-0.4, -0.2) is 16.5 Å². The third kappa shape index (κ3) is 3.38. The van der Waals surface area contributed by atoms with E-state index in [9.17, 15) is 0 Å². The van der Waals surface area contributed by atoms with Gasteiger partial charge in [-0.3, -0.25) is 0 Å². The van der Waals surface area contributed by atoms with Crippen molar-refractivity contribution < 1.29 is 0 Å². The maximum atomic E-state index is 8.52. The molecule has 1 aromatic rings. The van der Waals surface area contributed by atoms with Crippen molar-refractivity contribution in [1.29, 1.82) is 5.26 Å². The van der Waals surface area contributed by atoms with Gasteiger partial charge in [0.2, 0.25) is 5.95 Å². The largest absolute Gasteiger partial charge is 0.353 e. The van der Waals surface area contributed by atoms with Gasteiger partial charge in [0.15, 0.2) is 0 Å². The maximum Gasteiger partial charge on any atom is 0.222 e. The Balaban J connectivity index is 2.47. The van der Waals surface area contributed by atoms with Crippen molar-refractivity contribution in [2.45, 2.75) is 6.92 Å². The lowest BCUT2D eigenvalue weighted by Crippen LogP contribution is -2.11. The highest BCUT2D eigenvalue weighted by molar-refractivity contribution is 9.10. The third-order valence-electron chi connectivity index (χ3n) is 1.41. The molecule has 1 heterocycles. The van der Waals surface area contributed by atoms with Gasteiger partial charge >= 0.3 is 0 Å². The van der Waals surface area contributed by atoms with Crippen LogP contribution in [0.5, 0.6) is 0 Å². The van der Waals surface area contributed by atoms with Crippen LogP contribution >= 0.6 is 15.9 Å². The normalized spacial score (nSPS) is 11.8. The van der Waals surface area contributed by atoms with Crippen LogP contribution in [0.4, 0.5) is 5.95 Å². The molecule has 1 atom stereocenters. The standard InChI is InChI=1S/C8H9BrN4/c1-6(2-10)3-11-8-12-4-7(9)5-13-8/h4-6H,3H2,1H3,(H,11,12,13). The molecule has 0 fully saturated rings. The van der Waals surface area contributed by atoms with E-state index in [0.29, 0.717) is 12.5 Å². The highest BCUT2D eigenvalue weighted by atomic mass is 79.9. The predicted octanol–water partition coefficient (Wildman–Crippen LogP) is 1.81. The average molecular weight is 241 g/mol. The first-order valence-electron chi connectivity index (χ1n) is 3.83.